The van der Waals surface area contributed by atoms with Gasteiger partial charge in [0.25, 0.3) is 5.91 Å². The number of thioether (sulfide) groups is 1. The van der Waals surface area contributed by atoms with Gasteiger partial charge in [0.2, 0.25) is 5.91 Å². The van der Waals surface area contributed by atoms with Crippen LogP contribution in [0.25, 0.3) is 10.9 Å². The Kier molecular flexibility index (Phi) is 5.95. The number of para-hydroxylation sites is 1. The lowest BCUT2D eigenvalue weighted by atomic mass is 9.92. The van der Waals surface area contributed by atoms with Gasteiger partial charge in [0, 0.05) is 27.5 Å². The minimum atomic E-state index is -1.03. The molecule has 2 amide bonds. The van der Waals surface area contributed by atoms with Crippen LogP contribution in [0.5, 0.6) is 0 Å². The van der Waals surface area contributed by atoms with Crippen LogP contribution in [0, 0.1) is 0 Å². The molecule has 1 N–H and O–H groups in total. The molecule has 1 fully saturated rings. The van der Waals surface area contributed by atoms with E-state index in [9.17, 15) is 9.59 Å². The molecule has 33 heavy (non-hydrogen) atoms. The standard InChI is InChI=1S/C27H31N3O2S/c1-27(26(32)28-20-11-5-3-4-6-12-20)18-29-23-15-8-7-10-19(23)16-24(29)25(31)30(27)21-13-9-14-22(17-21)33-2/h7-10,13-17,20H,3-6,11-12,18H2,1-2H3,(H,28,32)/t27-/m1/s1. The number of nitrogens with one attached hydrogen (secondary N) is 1. The van der Waals surface area contributed by atoms with Gasteiger partial charge < -0.3 is 9.88 Å². The van der Waals surface area contributed by atoms with Crippen molar-refractivity contribution in [2.24, 2.45) is 0 Å². The minimum absolute atomic E-state index is 0.0688. The molecule has 6 heteroatoms. The molecule has 3 aromatic rings. The number of anilines is 1. The molecule has 5 nitrogen and oxygen atoms in total. The van der Waals surface area contributed by atoms with E-state index in [4.69, 9.17) is 0 Å². The molecule has 0 radical (unpaired) electrons. The van der Waals surface area contributed by atoms with E-state index in [0.29, 0.717) is 12.2 Å². The maximum absolute atomic E-state index is 14.0. The average Bonchev–Trinajstić information content (AvgIpc) is 2.99. The Morgan fingerprint density at radius 2 is 1.79 bits per heavy atom. The zero-order chi connectivity index (χ0) is 23.0. The third kappa shape index (κ3) is 3.95. The highest BCUT2D eigenvalue weighted by Gasteiger charge is 2.49. The van der Waals surface area contributed by atoms with Crippen molar-refractivity contribution in [3.63, 3.8) is 0 Å². The second-order valence-corrected chi connectivity index (χ2v) is 10.3. The van der Waals surface area contributed by atoms with Gasteiger partial charge in [-0.2, -0.15) is 0 Å². The summed E-state index contributed by atoms with van der Waals surface area (Å²) in [6, 6.07) is 18.1. The number of hydrogen-bond acceptors (Lipinski definition) is 3. The molecule has 1 aromatic heterocycles. The molecule has 2 aromatic carbocycles. The number of carbonyl (C=O) groups excluding carboxylic acids is 2. The van der Waals surface area contributed by atoms with Gasteiger partial charge in [0.15, 0.2) is 0 Å². The number of benzene rings is 2. The zero-order valence-electron chi connectivity index (χ0n) is 19.3. The predicted molar refractivity (Wildman–Crippen MR) is 135 cm³/mol. The summed E-state index contributed by atoms with van der Waals surface area (Å²) in [6.07, 6.45) is 8.79. The Hall–Kier alpha value is -2.73. The molecule has 1 saturated carbocycles. The SMILES string of the molecule is CSc1cccc(N2C(=O)c3cc4ccccc4n3C[C@]2(C)C(=O)NC2CCCCCC2)c1. The highest BCUT2D eigenvalue weighted by molar-refractivity contribution is 7.98. The Balaban J connectivity index is 1.60. The van der Waals surface area contributed by atoms with Gasteiger partial charge in [-0.3, -0.25) is 14.5 Å². The lowest BCUT2D eigenvalue weighted by Gasteiger charge is -2.44. The lowest BCUT2D eigenvalue weighted by molar-refractivity contribution is -0.127. The molecule has 2 heterocycles. The van der Waals surface area contributed by atoms with Crippen LogP contribution in [-0.2, 0) is 11.3 Å². The monoisotopic (exact) mass is 461 g/mol. The molecule has 0 saturated heterocycles. The van der Waals surface area contributed by atoms with Crippen LogP contribution in [0.1, 0.15) is 55.9 Å². The van der Waals surface area contributed by atoms with Gasteiger partial charge in [-0.1, -0.05) is 49.9 Å². The van der Waals surface area contributed by atoms with Gasteiger partial charge in [0.05, 0.1) is 6.54 Å². The summed E-state index contributed by atoms with van der Waals surface area (Å²) in [4.78, 5) is 30.7. The number of fused-ring (bicyclic) bond motifs is 3. The maximum Gasteiger partial charge on any atom is 0.275 e. The van der Waals surface area contributed by atoms with Gasteiger partial charge in [0.1, 0.15) is 11.2 Å². The van der Waals surface area contributed by atoms with Crippen molar-refractivity contribution in [1.29, 1.82) is 0 Å². The average molecular weight is 462 g/mol. The van der Waals surface area contributed by atoms with Crippen LogP contribution in [0.2, 0.25) is 0 Å². The summed E-state index contributed by atoms with van der Waals surface area (Å²) < 4.78 is 2.03. The largest absolute Gasteiger partial charge is 0.351 e. The molecule has 1 atom stereocenters. The second-order valence-electron chi connectivity index (χ2n) is 9.45. The molecular weight excluding hydrogens is 430 g/mol. The first-order valence-electron chi connectivity index (χ1n) is 11.9. The number of hydrogen-bond donors (Lipinski definition) is 1. The van der Waals surface area contributed by atoms with Crippen molar-refractivity contribution in [3.8, 4) is 0 Å². The Morgan fingerprint density at radius 3 is 2.55 bits per heavy atom. The van der Waals surface area contributed by atoms with Gasteiger partial charge >= 0.3 is 0 Å². The first-order valence-corrected chi connectivity index (χ1v) is 13.1. The Labute approximate surface area is 199 Å². The molecule has 5 rings (SSSR count). The van der Waals surface area contributed by atoms with Crippen molar-refractivity contribution in [2.45, 2.75) is 68.5 Å². The highest BCUT2D eigenvalue weighted by Crippen LogP contribution is 2.37. The number of amides is 2. The van der Waals surface area contributed by atoms with Crippen molar-refractivity contribution in [2.75, 3.05) is 11.2 Å². The summed E-state index contributed by atoms with van der Waals surface area (Å²) >= 11 is 1.63. The van der Waals surface area contributed by atoms with Crippen molar-refractivity contribution in [1.82, 2.24) is 9.88 Å². The summed E-state index contributed by atoms with van der Waals surface area (Å²) in [5, 5.41) is 4.36. The smallest absolute Gasteiger partial charge is 0.275 e. The van der Waals surface area contributed by atoms with Crippen LogP contribution < -0.4 is 10.2 Å². The number of carbonyl (C=O) groups is 2. The summed E-state index contributed by atoms with van der Waals surface area (Å²) in [5.74, 6) is -0.199. The van der Waals surface area contributed by atoms with E-state index < -0.39 is 5.54 Å². The third-order valence-corrected chi connectivity index (χ3v) is 7.91. The van der Waals surface area contributed by atoms with Crippen LogP contribution in [-0.4, -0.2) is 34.2 Å². The molecule has 1 aliphatic carbocycles. The molecule has 2 aliphatic rings. The number of aromatic nitrogens is 1. The first kappa shape index (κ1) is 22.1. The fraction of sp³-hybridized carbons (Fsp3) is 0.407. The van der Waals surface area contributed by atoms with E-state index in [1.165, 1.54) is 12.8 Å². The predicted octanol–water partition coefficient (Wildman–Crippen LogP) is 5.62. The maximum atomic E-state index is 14.0. The van der Waals surface area contributed by atoms with Crippen LogP contribution in [0.4, 0.5) is 5.69 Å². The lowest BCUT2D eigenvalue weighted by Crippen LogP contribution is -2.65. The Bertz CT molecular complexity index is 1200. The summed E-state index contributed by atoms with van der Waals surface area (Å²) in [5.41, 5.74) is 1.36. The van der Waals surface area contributed by atoms with Crippen LogP contribution in [0.3, 0.4) is 0 Å². The van der Waals surface area contributed by atoms with Crippen LogP contribution >= 0.6 is 11.8 Å². The molecule has 1 aliphatic heterocycles. The Morgan fingerprint density at radius 1 is 1.03 bits per heavy atom. The number of rotatable bonds is 4. The van der Waals surface area contributed by atoms with Crippen molar-refractivity contribution in [3.05, 3.63) is 60.3 Å². The van der Waals surface area contributed by atoms with Gasteiger partial charge in [-0.25, -0.2) is 0 Å². The second kappa shape index (κ2) is 8.90. The van der Waals surface area contributed by atoms with E-state index in [1.807, 2.05) is 72.3 Å². The van der Waals surface area contributed by atoms with E-state index in [-0.39, 0.29) is 17.9 Å². The zero-order valence-corrected chi connectivity index (χ0v) is 20.2. The molecular formula is C27H31N3O2S. The molecule has 0 unspecified atom stereocenters. The first-order chi connectivity index (χ1) is 16.0. The molecule has 0 bridgehead atoms. The minimum Gasteiger partial charge on any atom is -0.351 e. The molecule has 0 spiro atoms. The van der Waals surface area contributed by atoms with E-state index in [2.05, 4.69) is 5.32 Å². The van der Waals surface area contributed by atoms with E-state index in [1.54, 1.807) is 16.7 Å². The van der Waals surface area contributed by atoms with E-state index in [0.717, 1.165) is 47.2 Å². The van der Waals surface area contributed by atoms with Crippen LogP contribution in [0.15, 0.2) is 59.5 Å². The summed E-state index contributed by atoms with van der Waals surface area (Å²) in [6.45, 7) is 2.34. The summed E-state index contributed by atoms with van der Waals surface area (Å²) in [7, 11) is 0. The van der Waals surface area contributed by atoms with Crippen molar-refractivity contribution < 1.29 is 9.59 Å². The quantitative estimate of drug-likeness (QED) is 0.405. The third-order valence-electron chi connectivity index (χ3n) is 7.18. The van der Waals surface area contributed by atoms with Gasteiger partial charge in [-0.15, -0.1) is 11.8 Å². The van der Waals surface area contributed by atoms with Gasteiger partial charge in [-0.05, 0) is 56.4 Å². The fourth-order valence-corrected chi connectivity index (χ4v) is 5.82. The van der Waals surface area contributed by atoms with Crippen molar-refractivity contribution >= 4 is 40.2 Å². The van der Waals surface area contributed by atoms with E-state index >= 15 is 0 Å². The number of nitrogens with zero attached hydrogens (tertiary/aromatic N) is 2. The highest BCUT2D eigenvalue weighted by atomic mass is 32.2. The fourth-order valence-electron chi connectivity index (χ4n) is 5.36. The molecule has 172 valence electrons. The normalized spacial score (nSPS) is 21.6. The topological polar surface area (TPSA) is 54.3 Å².